The standard InChI is InChI=1S/C21H27N5O2/c1-14-15(2)24(4)20-19(14)26(17-8-6-5-7-16(17)22-21(20)28)18(27)13-25-11-9-23(3)10-12-25/h5-8H,9-13H2,1-4H3,(H,22,28). The summed E-state index contributed by atoms with van der Waals surface area (Å²) >= 11 is 0. The van der Waals surface area contributed by atoms with E-state index >= 15 is 0 Å². The second-order valence-corrected chi connectivity index (χ2v) is 7.75. The fourth-order valence-electron chi connectivity index (χ4n) is 4.06. The second kappa shape index (κ2) is 7.07. The van der Waals surface area contributed by atoms with E-state index in [0.29, 0.717) is 23.6 Å². The van der Waals surface area contributed by atoms with E-state index in [1.807, 2.05) is 49.7 Å². The fourth-order valence-corrected chi connectivity index (χ4v) is 4.06. The number of benzene rings is 1. The maximum absolute atomic E-state index is 13.5. The van der Waals surface area contributed by atoms with Crippen LogP contribution in [-0.2, 0) is 11.8 Å². The molecular weight excluding hydrogens is 354 g/mol. The second-order valence-electron chi connectivity index (χ2n) is 7.75. The Kier molecular flexibility index (Phi) is 4.72. The van der Waals surface area contributed by atoms with Crippen LogP contribution in [0, 0.1) is 13.8 Å². The van der Waals surface area contributed by atoms with Crippen LogP contribution in [-0.4, -0.2) is 66.0 Å². The maximum atomic E-state index is 13.5. The molecule has 0 aliphatic carbocycles. The van der Waals surface area contributed by atoms with Crippen molar-refractivity contribution in [1.29, 1.82) is 0 Å². The van der Waals surface area contributed by atoms with E-state index in [9.17, 15) is 9.59 Å². The summed E-state index contributed by atoms with van der Waals surface area (Å²) in [4.78, 5) is 32.7. The lowest BCUT2D eigenvalue weighted by Gasteiger charge is -2.33. The quantitative estimate of drug-likeness (QED) is 0.866. The van der Waals surface area contributed by atoms with Gasteiger partial charge in [0.1, 0.15) is 5.69 Å². The number of amides is 2. The Morgan fingerprint density at radius 2 is 1.75 bits per heavy atom. The number of carbonyl (C=O) groups excluding carboxylic acids is 2. The molecule has 2 aliphatic rings. The van der Waals surface area contributed by atoms with Gasteiger partial charge >= 0.3 is 0 Å². The van der Waals surface area contributed by atoms with Gasteiger partial charge in [-0.1, -0.05) is 12.1 Å². The molecule has 0 atom stereocenters. The summed E-state index contributed by atoms with van der Waals surface area (Å²) in [6.07, 6.45) is 0. The van der Waals surface area contributed by atoms with Crippen LogP contribution in [0.4, 0.5) is 17.1 Å². The molecule has 4 rings (SSSR count). The third-order valence-electron chi connectivity index (χ3n) is 6.00. The topological polar surface area (TPSA) is 60.8 Å². The van der Waals surface area contributed by atoms with Crippen LogP contribution in [0.1, 0.15) is 21.7 Å². The first-order chi connectivity index (χ1) is 13.4. The molecule has 28 heavy (non-hydrogen) atoms. The van der Waals surface area contributed by atoms with Gasteiger partial charge in [-0.2, -0.15) is 0 Å². The number of hydrogen-bond acceptors (Lipinski definition) is 4. The normalized spacial score (nSPS) is 17.7. The van der Waals surface area contributed by atoms with Crippen LogP contribution in [0.2, 0.25) is 0 Å². The zero-order valence-electron chi connectivity index (χ0n) is 17.0. The van der Waals surface area contributed by atoms with Gasteiger partial charge in [-0.15, -0.1) is 0 Å². The molecule has 7 heteroatoms. The van der Waals surface area contributed by atoms with E-state index < -0.39 is 0 Å². The number of nitrogens with zero attached hydrogens (tertiary/aromatic N) is 4. The average molecular weight is 381 g/mol. The van der Waals surface area contributed by atoms with Crippen LogP contribution in [0.3, 0.4) is 0 Å². The SMILES string of the molecule is Cc1c2c(n(C)c1C)C(=O)Nc1ccccc1N2C(=O)CN1CCN(C)CC1. The van der Waals surface area contributed by atoms with Gasteiger partial charge in [0, 0.05) is 38.9 Å². The molecule has 1 fully saturated rings. The summed E-state index contributed by atoms with van der Waals surface area (Å²) in [5.41, 5.74) is 4.54. The Morgan fingerprint density at radius 1 is 1.07 bits per heavy atom. The van der Waals surface area contributed by atoms with E-state index in [4.69, 9.17) is 0 Å². The minimum Gasteiger partial charge on any atom is -0.342 e. The number of fused-ring (bicyclic) bond motifs is 2. The lowest BCUT2D eigenvalue weighted by molar-refractivity contribution is -0.119. The summed E-state index contributed by atoms with van der Waals surface area (Å²) in [5, 5.41) is 2.98. The molecule has 2 aliphatic heterocycles. The number of para-hydroxylation sites is 2. The van der Waals surface area contributed by atoms with Crippen LogP contribution in [0.5, 0.6) is 0 Å². The Hall–Kier alpha value is -2.64. The third kappa shape index (κ3) is 3.00. The lowest BCUT2D eigenvalue weighted by Crippen LogP contribution is -2.48. The molecule has 0 radical (unpaired) electrons. The number of carbonyl (C=O) groups is 2. The molecule has 0 saturated carbocycles. The smallest absolute Gasteiger partial charge is 0.274 e. The number of piperazine rings is 1. The van der Waals surface area contributed by atoms with Crippen molar-refractivity contribution in [2.75, 3.05) is 50.0 Å². The zero-order valence-corrected chi connectivity index (χ0v) is 17.0. The molecule has 0 unspecified atom stereocenters. The molecule has 7 nitrogen and oxygen atoms in total. The minimum atomic E-state index is -0.184. The van der Waals surface area contributed by atoms with Gasteiger partial charge in [-0.3, -0.25) is 19.4 Å². The van der Waals surface area contributed by atoms with E-state index in [0.717, 1.165) is 43.1 Å². The molecule has 1 N–H and O–H groups in total. The molecule has 0 bridgehead atoms. The Morgan fingerprint density at radius 3 is 2.46 bits per heavy atom. The van der Waals surface area contributed by atoms with Crippen molar-refractivity contribution >= 4 is 28.9 Å². The lowest BCUT2D eigenvalue weighted by atomic mass is 10.1. The van der Waals surface area contributed by atoms with Gasteiger partial charge < -0.3 is 14.8 Å². The Bertz CT molecular complexity index is 941. The summed E-state index contributed by atoms with van der Waals surface area (Å²) in [6, 6.07) is 7.51. The predicted molar refractivity (Wildman–Crippen MR) is 110 cm³/mol. The first-order valence-corrected chi connectivity index (χ1v) is 9.68. The van der Waals surface area contributed by atoms with E-state index in [-0.39, 0.29) is 11.8 Å². The van der Waals surface area contributed by atoms with Crippen LogP contribution < -0.4 is 10.2 Å². The van der Waals surface area contributed by atoms with Crippen molar-refractivity contribution in [2.24, 2.45) is 7.05 Å². The molecule has 0 spiro atoms. The van der Waals surface area contributed by atoms with Crippen molar-refractivity contribution in [2.45, 2.75) is 13.8 Å². The van der Waals surface area contributed by atoms with Crippen molar-refractivity contribution in [3.8, 4) is 0 Å². The van der Waals surface area contributed by atoms with Gasteiger partial charge in [0.15, 0.2) is 0 Å². The number of likely N-dealkylation sites (N-methyl/N-ethyl adjacent to an activating group) is 1. The van der Waals surface area contributed by atoms with Crippen molar-refractivity contribution in [3.63, 3.8) is 0 Å². The molecule has 3 heterocycles. The van der Waals surface area contributed by atoms with Crippen LogP contribution >= 0.6 is 0 Å². The largest absolute Gasteiger partial charge is 0.342 e. The third-order valence-corrected chi connectivity index (χ3v) is 6.00. The number of anilines is 3. The van der Waals surface area contributed by atoms with Gasteiger partial charge in [0.25, 0.3) is 5.91 Å². The van der Waals surface area contributed by atoms with Gasteiger partial charge in [-0.25, -0.2) is 0 Å². The molecule has 1 aromatic carbocycles. The number of rotatable bonds is 2. The highest BCUT2D eigenvalue weighted by Gasteiger charge is 2.35. The Labute approximate surface area is 165 Å². The summed E-state index contributed by atoms with van der Waals surface area (Å²) in [7, 11) is 3.98. The van der Waals surface area contributed by atoms with Crippen LogP contribution in [0.15, 0.2) is 24.3 Å². The molecular formula is C21H27N5O2. The molecule has 1 aromatic heterocycles. The maximum Gasteiger partial charge on any atom is 0.274 e. The van der Waals surface area contributed by atoms with Crippen molar-refractivity contribution < 1.29 is 9.59 Å². The molecule has 2 amide bonds. The Balaban J connectivity index is 1.79. The highest BCUT2D eigenvalue weighted by Crippen LogP contribution is 2.41. The number of nitrogens with one attached hydrogen (secondary N) is 1. The van der Waals surface area contributed by atoms with Crippen molar-refractivity contribution in [3.05, 3.63) is 41.2 Å². The van der Waals surface area contributed by atoms with Gasteiger partial charge in [-0.05, 0) is 38.6 Å². The zero-order chi connectivity index (χ0) is 20.0. The highest BCUT2D eigenvalue weighted by atomic mass is 16.2. The number of hydrogen-bond donors (Lipinski definition) is 1. The molecule has 148 valence electrons. The first kappa shape index (κ1) is 18.7. The summed E-state index contributed by atoms with van der Waals surface area (Å²) in [6.45, 7) is 7.95. The summed E-state index contributed by atoms with van der Waals surface area (Å²) < 4.78 is 1.88. The molecule has 1 saturated heterocycles. The molecule has 2 aromatic rings. The monoisotopic (exact) mass is 381 g/mol. The predicted octanol–water partition coefficient (Wildman–Crippen LogP) is 2.12. The number of aromatic nitrogens is 1. The minimum absolute atomic E-state index is 0.0107. The van der Waals surface area contributed by atoms with E-state index in [1.54, 1.807) is 4.90 Å². The summed E-state index contributed by atoms with van der Waals surface area (Å²) in [5.74, 6) is -0.195. The van der Waals surface area contributed by atoms with Crippen molar-refractivity contribution in [1.82, 2.24) is 14.4 Å². The average Bonchev–Trinajstić information content (AvgIpc) is 2.82. The first-order valence-electron chi connectivity index (χ1n) is 9.68. The van der Waals surface area contributed by atoms with Gasteiger partial charge in [0.05, 0.1) is 23.6 Å². The highest BCUT2D eigenvalue weighted by molar-refractivity contribution is 6.18. The van der Waals surface area contributed by atoms with E-state index in [2.05, 4.69) is 22.2 Å². The fraction of sp³-hybridized carbons (Fsp3) is 0.429. The van der Waals surface area contributed by atoms with E-state index in [1.165, 1.54) is 0 Å². The van der Waals surface area contributed by atoms with Gasteiger partial charge in [0.2, 0.25) is 5.91 Å². The van der Waals surface area contributed by atoms with Crippen LogP contribution in [0.25, 0.3) is 0 Å².